The minimum Gasteiger partial charge on any atom is -0.276 e. The molecular formula is C12H8F3NO2S. The summed E-state index contributed by atoms with van der Waals surface area (Å²) in [5.41, 5.74) is -0.580. The summed E-state index contributed by atoms with van der Waals surface area (Å²) < 4.78 is 65.2. The van der Waals surface area contributed by atoms with E-state index in [1.165, 1.54) is 12.1 Å². The summed E-state index contributed by atoms with van der Waals surface area (Å²) in [4.78, 5) is -0.640. The minimum absolute atomic E-state index is 0.580. The van der Waals surface area contributed by atoms with Crippen molar-refractivity contribution in [2.75, 3.05) is 4.72 Å². The second kappa shape index (κ2) is 4.93. The van der Waals surface area contributed by atoms with Crippen LogP contribution < -0.4 is 4.72 Å². The Bertz CT molecular complexity index is 717. The van der Waals surface area contributed by atoms with Crippen molar-refractivity contribution in [1.82, 2.24) is 0 Å². The molecule has 0 radical (unpaired) electrons. The van der Waals surface area contributed by atoms with Crippen LogP contribution in [0.5, 0.6) is 0 Å². The lowest BCUT2D eigenvalue weighted by molar-refractivity contribution is 0.511. The van der Waals surface area contributed by atoms with Gasteiger partial charge in [0.2, 0.25) is 0 Å². The average Bonchev–Trinajstić information content (AvgIpc) is 2.35. The topological polar surface area (TPSA) is 46.2 Å². The fourth-order valence-corrected chi connectivity index (χ4v) is 2.58. The lowest BCUT2D eigenvalue weighted by atomic mass is 10.3. The molecule has 0 amide bonds. The Kier molecular flexibility index (Phi) is 3.48. The molecule has 2 aromatic rings. The van der Waals surface area contributed by atoms with Gasteiger partial charge in [0.25, 0.3) is 10.0 Å². The molecule has 0 unspecified atom stereocenters. The Labute approximate surface area is 107 Å². The Morgan fingerprint density at radius 2 is 1.47 bits per heavy atom. The average molecular weight is 287 g/mol. The van der Waals surface area contributed by atoms with Crippen LogP contribution in [-0.2, 0) is 10.0 Å². The van der Waals surface area contributed by atoms with Crippen molar-refractivity contribution in [2.45, 2.75) is 4.90 Å². The molecule has 3 nitrogen and oxygen atoms in total. The highest BCUT2D eigenvalue weighted by Gasteiger charge is 2.20. The van der Waals surface area contributed by atoms with Crippen LogP contribution in [0.25, 0.3) is 0 Å². The first-order chi connectivity index (χ1) is 8.92. The largest absolute Gasteiger partial charge is 0.276 e. The number of anilines is 1. The van der Waals surface area contributed by atoms with Gasteiger partial charge in [-0.3, -0.25) is 4.72 Å². The first kappa shape index (κ1) is 13.4. The Morgan fingerprint density at radius 1 is 0.842 bits per heavy atom. The molecule has 0 heterocycles. The molecule has 100 valence electrons. The van der Waals surface area contributed by atoms with Crippen LogP contribution in [0.1, 0.15) is 0 Å². The quantitative estimate of drug-likeness (QED) is 0.943. The maximum atomic E-state index is 13.4. The van der Waals surface area contributed by atoms with E-state index in [2.05, 4.69) is 0 Å². The van der Waals surface area contributed by atoms with E-state index in [-0.39, 0.29) is 0 Å². The van der Waals surface area contributed by atoms with Crippen molar-refractivity contribution in [3.05, 3.63) is 59.9 Å². The van der Waals surface area contributed by atoms with Gasteiger partial charge in [0.1, 0.15) is 10.7 Å². The summed E-state index contributed by atoms with van der Waals surface area (Å²) in [5.74, 6) is -3.53. The molecule has 0 spiro atoms. The maximum absolute atomic E-state index is 13.4. The summed E-state index contributed by atoms with van der Waals surface area (Å²) in [6.45, 7) is 0. The summed E-state index contributed by atoms with van der Waals surface area (Å²) in [6, 6.07) is 7.63. The minimum atomic E-state index is -4.31. The number of rotatable bonds is 3. The van der Waals surface area contributed by atoms with Crippen molar-refractivity contribution in [1.29, 1.82) is 0 Å². The van der Waals surface area contributed by atoms with Crippen LogP contribution in [0.2, 0.25) is 0 Å². The molecule has 0 aliphatic rings. The van der Waals surface area contributed by atoms with E-state index in [1.807, 2.05) is 0 Å². The van der Waals surface area contributed by atoms with Crippen molar-refractivity contribution in [2.24, 2.45) is 0 Å². The predicted molar refractivity (Wildman–Crippen MR) is 63.6 cm³/mol. The predicted octanol–water partition coefficient (Wildman–Crippen LogP) is 2.90. The molecular weight excluding hydrogens is 279 g/mol. The van der Waals surface area contributed by atoms with Gasteiger partial charge in [0, 0.05) is 0 Å². The highest BCUT2D eigenvalue weighted by Crippen LogP contribution is 2.22. The maximum Gasteiger partial charge on any atom is 0.264 e. The van der Waals surface area contributed by atoms with Crippen molar-refractivity contribution < 1.29 is 21.6 Å². The molecule has 7 heteroatoms. The first-order valence-electron chi connectivity index (χ1n) is 5.13. The molecule has 19 heavy (non-hydrogen) atoms. The molecule has 2 rings (SSSR count). The molecule has 0 bridgehead atoms. The van der Waals surface area contributed by atoms with E-state index in [0.29, 0.717) is 0 Å². The van der Waals surface area contributed by atoms with E-state index in [1.54, 1.807) is 4.72 Å². The number of nitrogens with one attached hydrogen (secondary N) is 1. The lowest BCUT2D eigenvalue weighted by Gasteiger charge is -2.09. The Morgan fingerprint density at radius 3 is 2.16 bits per heavy atom. The van der Waals surface area contributed by atoms with Gasteiger partial charge in [-0.15, -0.1) is 0 Å². The van der Waals surface area contributed by atoms with Crippen LogP contribution in [0.15, 0.2) is 47.4 Å². The third-order valence-corrected chi connectivity index (χ3v) is 3.72. The van der Waals surface area contributed by atoms with E-state index >= 15 is 0 Å². The van der Waals surface area contributed by atoms with Crippen molar-refractivity contribution >= 4 is 15.7 Å². The van der Waals surface area contributed by atoms with Gasteiger partial charge in [-0.2, -0.15) is 0 Å². The zero-order valence-corrected chi connectivity index (χ0v) is 10.2. The molecule has 0 atom stereocenters. The molecule has 0 saturated carbocycles. The normalized spacial score (nSPS) is 11.3. The number of hydrogen-bond donors (Lipinski definition) is 1. The second-order valence-electron chi connectivity index (χ2n) is 3.64. The van der Waals surface area contributed by atoms with E-state index in [9.17, 15) is 21.6 Å². The molecule has 1 N–H and O–H groups in total. The van der Waals surface area contributed by atoms with Crippen molar-refractivity contribution in [3.63, 3.8) is 0 Å². The summed E-state index contributed by atoms with van der Waals surface area (Å²) in [5, 5.41) is 0. The van der Waals surface area contributed by atoms with E-state index in [0.717, 1.165) is 30.3 Å². The fraction of sp³-hybridized carbons (Fsp3) is 0. The molecule has 0 aliphatic heterocycles. The van der Waals surface area contributed by atoms with Gasteiger partial charge in [0.15, 0.2) is 11.6 Å². The number of halogens is 3. The van der Waals surface area contributed by atoms with Crippen LogP contribution in [-0.4, -0.2) is 8.42 Å². The SMILES string of the molecule is O=S(=O)(Nc1cccc(F)c1F)c1ccccc1F. The van der Waals surface area contributed by atoms with Gasteiger partial charge in [0.05, 0.1) is 5.69 Å². The molecule has 0 aromatic heterocycles. The standard InChI is InChI=1S/C12H8F3NO2S/c13-8-4-1-2-7-11(8)19(17,18)16-10-6-3-5-9(14)12(10)15/h1-7,16H. The second-order valence-corrected chi connectivity index (χ2v) is 5.29. The van der Waals surface area contributed by atoms with Crippen LogP contribution >= 0.6 is 0 Å². The lowest BCUT2D eigenvalue weighted by Crippen LogP contribution is -2.15. The Balaban J connectivity index is 2.43. The van der Waals surface area contributed by atoms with Crippen LogP contribution in [0, 0.1) is 17.5 Å². The fourth-order valence-electron chi connectivity index (χ4n) is 1.45. The molecule has 2 aromatic carbocycles. The smallest absolute Gasteiger partial charge is 0.264 e. The monoisotopic (exact) mass is 287 g/mol. The molecule has 0 saturated heterocycles. The van der Waals surface area contributed by atoms with Crippen molar-refractivity contribution in [3.8, 4) is 0 Å². The van der Waals surface area contributed by atoms with Gasteiger partial charge in [-0.05, 0) is 24.3 Å². The zero-order chi connectivity index (χ0) is 14.0. The van der Waals surface area contributed by atoms with Crippen LogP contribution in [0.3, 0.4) is 0 Å². The number of sulfonamides is 1. The summed E-state index contributed by atoms with van der Waals surface area (Å²) in [7, 11) is -4.31. The van der Waals surface area contributed by atoms with Crippen LogP contribution in [0.4, 0.5) is 18.9 Å². The third-order valence-electron chi connectivity index (χ3n) is 2.32. The van der Waals surface area contributed by atoms with Gasteiger partial charge < -0.3 is 0 Å². The van der Waals surface area contributed by atoms with Gasteiger partial charge >= 0.3 is 0 Å². The number of hydrogen-bond acceptors (Lipinski definition) is 2. The molecule has 0 aliphatic carbocycles. The third kappa shape index (κ3) is 2.70. The van der Waals surface area contributed by atoms with E-state index in [4.69, 9.17) is 0 Å². The summed E-state index contributed by atoms with van der Waals surface area (Å²) in [6.07, 6.45) is 0. The first-order valence-corrected chi connectivity index (χ1v) is 6.61. The van der Waals surface area contributed by atoms with Gasteiger partial charge in [-0.25, -0.2) is 21.6 Å². The van der Waals surface area contributed by atoms with Gasteiger partial charge in [-0.1, -0.05) is 18.2 Å². The highest BCUT2D eigenvalue weighted by atomic mass is 32.2. The zero-order valence-electron chi connectivity index (χ0n) is 9.40. The van der Waals surface area contributed by atoms with E-state index < -0.39 is 38.1 Å². The Hall–Kier alpha value is -2.02. The summed E-state index contributed by atoms with van der Waals surface area (Å²) >= 11 is 0. The highest BCUT2D eigenvalue weighted by molar-refractivity contribution is 7.92. The number of benzene rings is 2. The molecule has 0 fully saturated rings.